The molecule has 0 aliphatic carbocycles. The van der Waals surface area contributed by atoms with Gasteiger partial charge in [0.2, 0.25) is 0 Å². The zero-order chi connectivity index (χ0) is 42.8. The van der Waals surface area contributed by atoms with Gasteiger partial charge in [0, 0.05) is 44.2 Å². The number of aromatic nitrogens is 1. The lowest BCUT2D eigenvalue weighted by atomic mass is 9.97. The first-order valence-corrected chi connectivity index (χ1v) is 22.2. The summed E-state index contributed by atoms with van der Waals surface area (Å²) in [6, 6.07) is 87.8. The predicted octanol–water partition coefficient (Wildman–Crippen LogP) is 17.5. The minimum absolute atomic E-state index is 0.879. The molecule has 2 aromatic heterocycles. The first-order chi connectivity index (χ1) is 32.2. The van der Waals surface area contributed by atoms with E-state index >= 15 is 0 Å². The molecule has 0 amide bonds. The van der Waals surface area contributed by atoms with E-state index < -0.39 is 0 Å². The van der Waals surface area contributed by atoms with Gasteiger partial charge in [-0.2, -0.15) is 0 Å². The number of nitrogens with zero attached hydrogens (tertiary/aromatic N) is 2. The summed E-state index contributed by atoms with van der Waals surface area (Å²) in [5.74, 6) is 0. The highest BCUT2D eigenvalue weighted by Crippen LogP contribution is 2.42. The normalized spacial score (nSPS) is 11.7. The van der Waals surface area contributed by atoms with Crippen molar-refractivity contribution in [3.8, 4) is 39.1 Å². The Morgan fingerprint density at radius 2 is 0.831 bits per heavy atom. The summed E-state index contributed by atoms with van der Waals surface area (Å²) in [5, 5.41) is 9.78. The van der Waals surface area contributed by atoms with Crippen molar-refractivity contribution in [3.05, 3.63) is 243 Å². The van der Waals surface area contributed by atoms with Crippen molar-refractivity contribution >= 4 is 82.4 Å². The Kier molecular flexibility index (Phi) is 8.53. The van der Waals surface area contributed by atoms with Gasteiger partial charge in [0.05, 0.1) is 16.7 Å². The summed E-state index contributed by atoms with van der Waals surface area (Å²) in [7, 11) is 0. The van der Waals surface area contributed by atoms with E-state index in [1.54, 1.807) is 0 Å². The third-order valence-corrected chi connectivity index (χ3v) is 13.2. The quantitative estimate of drug-likeness (QED) is 0.149. The summed E-state index contributed by atoms with van der Waals surface area (Å²) in [5.41, 5.74) is 15.6. The van der Waals surface area contributed by atoms with E-state index in [1.165, 1.54) is 65.6 Å². The van der Waals surface area contributed by atoms with Crippen LogP contribution in [0.15, 0.2) is 247 Å². The summed E-state index contributed by atoms with van der Waals surface area (Å²) >= 11 is 0. The molecule has 0 fully saturated rings. The van der Waals surface area contributed by atoms with Crippen LogP contribution in [0.25, 0.3) is 104 Å². The van der Waals surface area contributed by atoms with E-state index in [-0.39, 0.29) is 0 Å². The second-order valence-corrected chi connectivity index (χ2v) is 16.9. The van der Waals surface area contributed by atoms with Crippen LogP contribution < -0.4 is 4.90 Å². The van der Waals surface area contributed by atoms with Crippen LogP contribution in [-0.2, 0) is 0 Å². The number of anilines is 3. The fourth-order valence-corrected chi connectivity index (χ4v) is 10.1. The molecule has 0 aliphatic heterocycles. The molecule has 3 nitrogen and oxygen atoms in total. The van der Waals surface area contributed by atoms with Crippen LogP contribution in [0.4, 0.5) is 17.1 Å². The van der Waals surface area contributed by atoms with Crippen LogP contribution in [0.5, 0.6) is 0 Å². The van der Waals surface area contributed by atoms with Gasteiger partial charge < -0.3 is 13.9 Å². The van der Waals surface area contributed by atoms with Crippen molar-refractivity contribution in [1.82, 2.24) is 4.57 Å². The first-order valence-electron chi connectivity index (χ1n) is 22.2. The van der Waals surface area contributed by atoms with Crippen molar-refractivity contribution in [2.45, 2.75) is 0 Å². The van der Waals surface area contributed by atoms with E-state index in [0.29, 0.717) is 0 Å². The number of hydrogen-bond donors (Lipinski definition) is 0. The largest absolute Gasteiger partial charge is 0.456 e. The molecule has 0 bridgehead atoms. The molecule has 0 saturated heterocycles. The molecule has 0 radical (unpaired) electrons. The molecule has 0 saturated carbocycles. The minimum Gasteiger partial charge on any atom is -0.456 e. The number of hydrogen-bond acceptors (Lipinski definition) is 2. The third kappa shape index (κ3) is 6.20. The minimum atomic E-state index is 0.879. The van der Waals surface area contributed by atoms with Gasteiger partial charge >= 0.3 is 0 Å². The molecule has 0 unspecified atom stereocenters. The van der Waals surface area contributed by atoms with Crippen LogP contribution in [0, 0.1) is 0 Å². The summed E-state index contributed by atoms with van der Waals surface area (Å²) in [4.78, 5) is 2.35. The zero-order valence-corrected chi connectivity index (χ0v) is 35.4. The van der Waals surface area contributed by atoms with Gasteiger partial charge in [-0.1, -0.05) is 164 Å². The number of benzene rings is 11. The SMILES string of the molecule is c1cc(-c2ccc(N(c3ccc(-c4ccc5c(ccc6ccccc65)c4)cc3)c3ccc4oc5ccccc5c4c3)cc2)cc(-c2ccccc2-n2c3ccccc3c3ccccc32)c1. The van der Waals surface area contributed by atoms with Crippen molar-refractivity contribution in [2.75, 3.05) is 4.90 Å². The Hall–Kier alpha value is -8.66. The Morgan fingerprint density at radius 1 is 0.292 bits per heavy atom. The predicted molar refractivity (Wildman–Crippen MR) is 274 cm³/mol. The number of para-hydroxylation sites is 4. The highest BCUT2D eigenvalue weighted by atomic mass is 16.3. The molecule has 3 heteroatoms. The van der Waals surface area contributed by atoms with Crippen molar-refractivity contribution < 1.29 is 4.42 Å². The first kappa shape index (κ1) is 36.9. The molecule has 13 rings (SSSR count). The van der Waals surface area contributed by atoms with E-state index in [4.69, 9.17) is 4.42 Å². The lowest BCUT2D eigenvalue weighted by molar-refractivity contribution is 0.669. The maximum absolute atomic E-state index is 6.27. The molecule has 0 N–H and O–H groups in total. The van der Waals surface area contributed by atoms with Gasteiger partial charge in [0.1, 0.15) is 11.2 Å². The average Bonchev–Trinajstić information content (AvgIpc) is 3.92. The van der Waals surface area contributed by atoms with E-state index in [2.05, 4.69) is 240 Å². The van der Waals surface area contributed by atoms with E-state index in [0.717, 1.165) is 55.8 Å². The van der Waals surface area contributed by atoms with E-state index in [9.17, 15) is 0 Å². The molecule has 65 heavy (non-hydrogen) atoms. The average molecular weight is 829 g/mol. The molecule has 0 spiro atoms. The molecule has 13 aromatic rings. The Morgan fingerprint density at radius 3 is 1.58 bits per heavy atom. The van der Waals surface area contributed by atoms with Gasteiger partial charge in [-0.3, -0.25) is 0 Å². The number of fused-ring (bicyclic) bond motifs is 9. The van der Waals surface area contributed by atoms with E-state index in [1.807, 2.05) is 12.1 Å². The summed E-state index contributed by atoms with van der Waals surface area (Å²) in [6.45, 7) is 0. The maximum atomic E-state index is 6.27. The fourth-order valence-electron chi connectivity index (χ4n) is 10.1. The highest BCUT2D eigenvalue weighted by Gasteiger charge is 2.18. The standard InChI is InChI=1S/C62H40N2O/c1-2-15-51-43(12-1)24-25-47-39-45(30-36-52(47)51)42-28-33-49(34-29-42)63(50-35-37-62-57(40-50)56-19-6-10-23-61(56)65-62)48-31-26-41(27-32-48)44-13-11-14-46(38-44)53-16-3-7-20-58(53)64-59-21-8-4-17-54(59)55-18-5-9-22-60(55)64/h1-40H. The second-order valence-electron chi connectivity index (χ2n) is 16.9. The highest BCUT2D eigenvalue weighted by molar-refractivity contribution is 6.11. The van der Waals surface area contributed by atoms with Gasteiger partial charge in [0.25, 0.3) is 0 Å². The molecule has 11 aromatic carbocycles. The maximum Gasteiger partial charge on any atom is 0.135 e. The van der Waals surface area contributed by atoms with Crippen molar-refractivity contribution in [3.63, 3.8) is 0 Å². The van der Waals surface area contributed by atoms with Crippen LogP contribution in [0.3, 0.4) is 0 Å². The number of rotatable bonds is 7. The van der Waals surface area contributed by atoms with Crippen LogP contribution in [-0.4, -0.2) is 4.57 Å². The topological polar surface area (TPSA) is 21.3 Å². The lowest BCUT2D eigenvalue weighted by Gasteiger charge is -2.26. The van der Waals surface area contributed by atoms with Gasteiger partial charge in [-0.25, -0.2) is 0 Å². The molecule has 304 valence electrons. The lowest BCUT2D eigenvalue weighted by Crippen LogP contribution is -2.09. The van der Waals surface area contributed by atoms with Crippen LogP contribution in [0.1, 0.15) is 0 Å². The zero-order valence-electron chi connectivity index (χ0n) is 35.4. The fraction of sp³-hybridized carbons (Fsp3) is 0. The third-order valence-electron chi connectivity index (χ3n) is 13.2. The van der Waals surface area contributed by atoms with Gasteiger partial charge in [-0.15, -0.1) is 0 Å². The molecule has 2 heterocycles. The number of furan rings is 1. The van der Waals surface area contributed by atoms with Crippen molar-refractivity contribution in [2.24, 2.45) is 0 Å². The second kappa shape index (κ2) is 15.0. The monoisotopic (exact) mass is 828 g/mol. The van der Waals surface area contributed by atoms with Gasteiger partial charge in [0.15, 0.2) is 0 Å². The Bertz CT molecular complexity index is 3900. The van der Waals surface area contributed by atoms with Crippen LogP contribution >= 0.6 is 0 Å². The molecular weight excluding hydrogens is 789 g/mol. The summed E-state index contributed by atoms with van der Waals surface area (Å²) in [6.07, 6.45) is 0. The van der Waals surface area contributed by atoms with Gasteiger partial charge in [-0.05, 0) is 128 Å². The molecule has 0 atom stereocenters. The van der Waals surface area contributed by atoms with Crippen molar-refractivity contribution in [1.29, 1.82) is 0 Å². The van der Waals surface area contributed by atoms with Crippen LogP contribution in [0.2, 0.25) is 0 Å². The molecule has 0 aliphatic rings. The molecular formula is C62H40N2O. The Balaban J connectivity index is 0.880. The smallest absolute Gasteiger partial charge is 0.135 e. The Labute approximate surface area is 376 Å². The summed E-state index contributed by atoms with van der Waals surface area (Å²) < 4.78 is 8.68.